The maximum absolute atomic E-state index is 12.8. The van der Waals surface area contributed by atoms with Crippen molar-refractivity contribution < 1.29 is 9.59 Å². The molecule has 5 N–H and O–H groups in total. The van der Waals surface area contributed by atoms with Crippen LogP contribution in [0.25, 0.3) is 11.3 Å². The zero-order valence-corrected chi connectivity index (χ0v) is 19.0. The average Bonchev–Trinajstić information content (AvgIpc) is 3.32. The molecule has 3 aromatic rings. The van der Waals surface area contributed by atoms with Crippen LogP contribution in [0, 0.1) is 5.41 Å². The van der Waals surface area contributed by atoms with Crippen molar-refractivity contribution in [2.24, 2.45) is 16.9 Å². The minimum atomic E-state index is -1.48. The van der Waals surface area contributed by atoms with Crippen LogP contribution in [0.3, 0.4) is 0 Å². The Morgan fingerprint density at radius 1 is 1.06 bits per heavy atom. The molecule has 1 aliphatic rings. The third-order valence-electron chi connectivity index (χ3n) is 5.96. The molecule has 2 aromatic heterocycles. The van der Waals surface area contributed by atoms with Gasteiger partial charge in [0, 0.05) is 33.7 Å². The van der Waals surface area contributed by atoms with Crippen molar-refractivity contribution in [2.75, 3.05) is 0 Å². The monoisotopic (exact) mass is 481 g/mol. The highest BCUT2D eigenvalue weighted by Gasteiger charge is 2.47. The van der Waals surface area contributed by atoms with Gasteiger partial charge in [-0.15, -0.1) is 0 Å². The fourth-order valence-electron chi connectivity index (χ4n) is 4.00. The van der Waals surface area contributed by atoms with Crippen LogP contribution in [0.1, 0.15) is 17.7 Å². The second-order valence-corrected chi connectivity index (χ2v) is 8.70. The van der Waals surface area contributed by atoms with Crippen molar-refractivity contribution in [1.29, 1.82) is 0 Å². The molecule has 2 heterocycles. The van der Waals surface area contributed by atoms with Gasteiger partial charge in [0.05, 0.1) is 17.4 Å². The Hall–Kier alpha value is -3.42. The van der Waals surface area contributed by atoms with Gasteiger partial charge in [-0.2, -0.15) is 0 Å². The quantitative estimate of drug-likeness (QED) is 0.444. The number of benzene rings is 1. The van der Waals surface area contributed by atoms with Gasteiger partial charge >= 0.3 is 0 Å². The summed E-state index contributed by atoms with van der Waals surface area (Å²) in [6.45, 7) is 0. The number of primary amides is 2. The van der Waals surface area contributed by atoms with E-state index >= 15 is 0 Å². The van der Waals surface area contributed by atoms with E-state index in [-0.39, 0.29) is 5.03 Å². The fourth-order valence-corrected chi connectivity index (χ4v) is 4.68. The lowest BCUT2D eigenvalue weighted by atomic mass is 9.68. The molecule has 2 amide bonds. The van der Waals surface area contributed by atoms with Gasteiger partial charge in [-0.3, -0.25) is 14.6 Å². The van der Waals surface area contributed by atoms with E-state index in [2.05, 4.69) is 15.0 Å². The maximum Gasteiger partial charge on any atom is 0.237 e. The number of amides is 2. The Kier molecular flexibility index (Phi) is 6.10. The van der Waals surface area contributed by atoms with E-state index in [9.17, 15) is 9.59 Å². The smallest absolute Gasteiger partial charge is 0.237 e. The fraction of sp³-hybridized carbons (Fsp3) is 0.167. The number of hydrogen-bond acceptors (Lipinski definition) is 4. The minimum Gasteiger partial charge on any atom is -0.369 e. The Balaban J connectivity index is 1.78. The van der Waals surface area contributed by atoms with Crippen LogP contribution in [0.4, 0.5) is 0 Å². The average molecular weight is 482 g/mol. The molecule has 0 bridgehead atoms. The zero-order valence-electron chi connectivity index (χ0n) is 17.5. The summed E-state index contributed by atoms with van der Waals surface area (Å²) >= 11 is 13.1. The van der Waals surface area contributed by atoms with Gasteiger partial charge in [0.15, 0.2) is 0 Å². The third-order valence-corrected chi connectivity index (χ3v) is 6.70. The molecule has 0 spiro atoms. The Morgan fingerprint density at radius 2 is 1.88 bits per heavy atom. The first kappa shape index (κ1) is 22.8. The van der Waals surface area contributed by atoms with E-state index in [4.69, 9.17) is 34.7 Å². The van der Waals surface area contributed by atoms with Gasteiger partial charge in [0.25, 0.3) is 0 Å². The number of H-pyrrole nitrogens is 1. The topological polar surface area (TPSA) is 128 Å². The molecule has 9 heteroatoms. The number of nitrogens with zero attached hydrogens (tertiary/aromatic N) is 2. The number of aromatic amines is 1. The van der Waals surface area contributed by atoms with E-state index in [1.165, 1.54) is 6.08 Å². The number of carbonyl (C=O) groups excluding carboxylic acids is 2. The van der Waals surface area contributed by atoms with Crippen LogP contribution in [0.5, 0.6) is 0 Å². The highest BCUT2D eigenvalue weighted by atomic mass is 35.5. The summed E-state index contributed by atoms with van der Waals surface area (Å²) < 4.78 is 0. The molecule has 0 aliphatic heterocycles. The number of carbonyl (C=O) groups is 2. The summed E-state index contributed by atoms with van der Waals surface area (Å²) in [7, 11) is 0. The first-order valence-corrected chi connectivity index (χ1v) is 10.9. The van der Waals surface area contributed by atoms with Crippen molar-refractivity contribution in [3.05, 3.63) is 94.7 Å². The predicted octanol–water partition coefficient (Wildman–Crippen LogP) is 3.65. The van der Waals surface area contributed by atoms with Gasteiger partial charge in [0.2, 0.25) is 11.8 Å². The Bertz CT molecular complexity index is 1260. The first-order valence-electron chi connectivity index (χ1n) is 10.2. The summed E-state index contributed by atoms with van der Waals surface area (Å²) in [6, 6.07) is 10.5. The molecule has 0 fully saturated rings. The Morgan fingerprint density at radius 3 is 2.48 bits per heavy atom. The van der Waals surface area contributed by atoms with Gasteiger partial charge < -0.3 is 16.5 Å². The van der Waals surface area contributed by atoms with E-state index in [1.807, 2.05) is 12.1 Å². The molecule has 168 valence electrons. The number of imidazole rings is 1. The van der Waals surface area contributed by atoms with Crippen LogP contribution in [-0.2, 0) is 21.4 Å². The van der Waals surface area contributed by atoms with Crippen LogP contribution in [0.15, 0.2) is 78.4 Å². The molecule has 2 unspecified atom stereocenters. The highest BCUT2D eigenvalue weighted by Crippen LogP contribution is 2.46. The predicted molar refractivity (Wildman–Crippen MR) is 127 cm³/mol. The standard InChI is InChI=1S/C24H21Cl2N5O2/c25-18-5-4-15(11-17(18)19-3-1-2-10-30-19)24(22(28)33)9-8-23(21(27)32,12-20(24)26)7-6-16-13-29-14-31-16/h1-5,8-14H,6-7H2,(H2,27,32)(H2,28,33)(H,29,31). The molecule has 1 aliphatic carbocycles. The highest BCUT2D eigenvalue weighted by molar-refractivity contribution is 6.34. The van der Waals surface area contributed by atoms with E-state index < -0.39 is 22.6 Å². The van der Waals surface area contributed by atoms with Gasteiger partial charge in [0.1, 0.15) is 5.41 Å². The number of nitrogens with two attached hydrogens (primary N) is 2. The number of pyridine rings is 1. The van der Waals surface area contributed by atoms with Crippen molar-refractivity contribution in [2.45, 2.75) is 18.3 Å². The molecular weight excluding hydrogens is 461 g/mol. The van der Waals surface area contributed by atoms with Gasteiger partial charge in [-0.1, -0.05) is 47.5 Å². The summed E-state index contributed by atoms with van der Waals surface area (Å²) in [6.07, 6.45) is 10.4. The number of halogens is 2. The normalized spacial score (nSPS) is 22.1. The molecule has 2 atom stereocenters. The molecule has 0 saturated heterocycles. The zero-order chi connectivity index (χ0) is 23.6. The third kappa shape index (κ3) is 4.05. The largest absolute Gasteiger partial charge is 0.369 e. The van der Waals surface area contributed by atoms with E-state index in [1.54, 1.807) is 55.1 Å². The molecule has 1 aromatic carbocycles. The van der Waals surface area contributed by atoms with E-state index in [0.29, 0.717) is 34.7 Å². The lowest BCUT2D eigenvalue weighted by Gasteiger charge is -2.36. The summed E-state index contributed by atoms with van der Waals surface area (Å²) in [5, 5.41) is 0.554. The molecule has 7 nitrogen and oxygen atoms in total. The Labute approximate surface area is 200 Å². The maximum atomic E-state index is 12.8. The molecule has 4 rings (SSSR count). The number of rotatable bonds is 7. The first-order chi connectivity index (χ1) is 15.8. The second kappa shape index (κ2) is 8.84. The van der Waals surface area contributed by atoms with Crippen LogP contribution in [0.2, 0.25) is 5.02 Å². The van der Waals surface area contributed by atoms with E-state index in [0.717, 1.165) is 5.69 Å². The molecular formula is C24H21Cl2N5O2. The van der Waals surface area contributed by atoms with Crippen molar-refractivity contribution in [3.63, 3.8) is 0 Å². The summed E-state index contributed by atoms with van der Waals surface area (Å²) in [5.41, 5.74) is 11.6. The van der Waals surface area contributed by atoms with Gasteiger partial charge in [-0.05, 0) is 48.7 Å². The lowest BCUT2D eigenvalue weighted by Crippen LogP contribution is -2.45. The number of nitrogens with one attached hydrogen (secondary N) is 1. The van der Waals surface area contributed by atoms with Crippen LogP contribution < -0.4 is 11.5 Å². The van der Waals surface area contributed by atoms with Gasteiger partial charge in [-0.25, -0.2) is 4.98 Å². The lowest BCUT2D eigenvalue weighted by molar-refractivity contribution is -0.124. The van der Waals surface area contributed by atoms with Crippen LogP contribution in [-0.4, -0.2) is 26.8 Å². The van der Waals surface area contributed by atoms with Crippen molar-refractivity contribution in [1.82, 2.24) is 15.0 Å². The molecule has 0 saturated carbocycles. The SMILES string of the molecule is NC(=O)C1(CCc2cnc[nH]2)C=CC(C(N)=O)(c2ccc(Cl)c(-c3ccccn3)c2)C(Cl)=C1. The number of hydrogen-bond donors (Lipinski definition) is 3. The second-order valence-electron chi connectivity index (χ2n) is 7.89. The van der Waals surface area contributed by atoms with Crippen molar-refractivity contribution >= 4 is 35.0 Å². The minimum absolute atomic E-state index is 0.0928. The number of aryl methyl sites for hydroxylation is 1. The molecule has 0 radical (unpaired) electrons. The van der Waals surface area contributed by atoms with Crippen LogP contribution >= 0.6 is 23.2 Å². The van der Waals surface area contributed by atoms with Crippen molar-refractivity contribution in [3.8, 4) is 11.3 Å². The summed E-state index contributed by atoms with van der Waals surface area (Å²) in [5.74, 6) is -1.28. The summed E-state index contributed by atoms with van der Waals surface area (Å²) in [4.78, 5) is 36.6. The molecule has 33 heavy (non-hydrogen) atoms. The number of aromatic nitrogens is 3.